The molecule has 0 saturated carbocycles. The second kappa shape index (κ2) is 10.3. The van der Waals surface area contributed by atoms with Gasteiger partial charge in [0.15, 0.2) is 0 Å². The van der Waals surface area contributed by atoms with Crippen LogP contribution >= 0.6 is 11.6 Å². The summed E-state index contributed by atoms with van der Waals surface area (Å²) >= 11 is 6.28. The Bertz CT molecular complexity index is 866. The van der Waals surface area contributed by atoms with E-state index in [1.807, 2.05) is 56.1 Å². The highest BCUT2D eigenvalue weighted by Gasteiger charge is 2.31. The molecule has 0 amide bonds. The minimum Gasteiger partial charge on any atom is -0.399 e. The highest BCUT2D eigenvalue weighted by molar-refractivity contribution is 6.33. The van der Waals surface area contributed by atoms with Crippen LogP contribution in [0.25, 0.3) is 5.70 Å². The lowest BCUT2D eigenvalue weighted by Gasteiger charge is -2.40. The third kappa shape index (κ3) is 4.73. The Labute approximate surface area is 176 Å². The molecule has 0 saturated heterocycles. The number of benzene rings is 2. The van der Waals surface area contributed by atoms with Crippen LogP contribution in [0.1, 0.15) is 49.4 Å². The fourth-order valence-corrected chi connectivity index (χ4v) is 3.81. The van der Waals surface area contributed by atoms with Gasteiger partial charge in [0.25, 0.3) is 6.43 Å². The van der Waals surface area contributed by atoms with Gasteiger partial charge in [-0.05, 0) is 5.56 Å². The highest BCUT2D eigenvalue weighted by Crippen LogP contribution is 2.40. The lowest BCUT2D eigenvalue weighted by atomic mass is 9.94. The number of nitrogens with two attached hydrogens (primary N) is 1. The Balaban J connectivity index is 0.00000145. The van der Waals surface area contributed by atoms with E-state index < -0.39 is 6.43 Å². The van der Waals surface area contributed by atoms with Gasteiger partial charge in [-0.15, -0.1) is 0 Å². The molecule has 1 unspecified atom stereocenters. The number of halogens is 3. The normalized spacial score (nSPS) is 16.4. The highest BCUT2D eigenvalue weighted by atomic mass is 35.5. The molecule has 1 aliphatic rings. The summed E-state index contributed by atoms with van der Waals surface area (Å²) in [7, 11) is 1.84. The molecule has 0 bridgehead atoms. The Hall–Kier alpha value is -2.53. The smallest absolute Gasteiger partial charge is 0.265 e. The fourth-order valence-electron chi connectivity index (χ4n) is 3.49. The zero-order valence-electron chi connectivity index (χ0n) is 17.1. The Morgan fingerprint density at radius 3 is 2.41 bits per heavy atom. The van der Waals surface area contributed by atoms with E-state index in [2.05, 4.69) is 11.9 Å². The zero-order valence-corrected chi connectivity index (χ0v) is 17.8. The predicted molar refractivity (Wildman–Crippen MR) is 118 cm³/mol. The van der Waals surface area contributed by atoms with Crippen molar-refractivity contribution >= 4 is 17.3 Å². The van der Waals surface area contributed by atoms with Gasteiger partial charge < -0.3 is 16.0 Å². The van der Waals surface area contributed by atoms with Crippen molar-refractivity contribution in [3.05, 3.63) is 88.2 Å². The van der Waals surface area contributed by atoms with Crippen LogP contribution in [0.5, 0.6) is 0 Å². The van der Waals surface area contributed by atoms with Crippen LogP contribution in [0.15, 0.2) is 66.5 Å². The second-order valence-electron chi connectivity index (χ2n) is 6.40. The van der Waals surface area contributed by atoms with Crippen LogP contribution in [-0.2, 0) is 0 Å². The molecule has 0 spiro atoms. The Morgan fingerprint density at radius 2 is 1.83 bits per heavy atom. The van der Waals surface area contributed by atoms with Crippen LogP contribution in [0.3, 0.4) is 0 Å². The average Bonchev–Trinajstić information content (AvgIpc) is 2.75. The molecule has 6 heteroatoms. The molecule has 0 fully saturated rings. The molecule has 2 aromatic rings. The molecule has 1 atom stereocenters. The summed E-state index contributed by atoms with van der Waals surface area (Å²) in [6.07, 6.45) is -1.94. The van der Waals surface area contributed by atoms with Gasteiger partial charge in [0.05, 0.1) is 16.8 Å². The number of rotatable bonds is 5. The summed E-state index contributed by atoms with van der Waals surface area (Å²) in [5, 5.41) is 3.19. The molecule has 156 valence electrons. The molecular weight excluding hydrogens is 392 g/mol. The molecular formula is C23H28ClF2N3. The number of hydrogen-bond acceptors (Lipinski definition) is 3. The summed E-state index contributed by atoms with van der Waals surface area (Å²) in [6, 6.07) is 14.2. The van der Waals surface area contributed by atoms with Crippen LogP contribution in [0.4, 0.5) is 8.78 Å². The summed E-state index contributed by atoms with van der Waals surface area (Å²) in [4.78, 5) is 2.03. The number of hydrogen-bond donors (Lipinski definition) is 2. The predicted octanol–water partition coefficient (Wildman–Crippen LogP) is 6.11. The van der Waals surface area contributed by atoms with Crippen molar-refractivity contribution in [1.29, 1.82) is 0 Å². The van der Waals surface area contributed by atoms with Crippen molar-refractivity contribution in [3.8, 4) is 0 Å². The minimum absolute atomic E-state index is 0.0336. The molecule has 29 heavy (non-hydrogen) atoms. The van der Waals surface area contributed by atoms with Crippen molar-refractivity contribution < 1.29 is 8.78 Å². The zero-order chi connectivity index (χ0) is 21.6. The van der Waals surface area contributed by atoms with Gasteiger partial charge in [0, 0.05) is 42.5 Å². The van der Waals surface area contributed by atoms with E-state index in [9.17, 15) is 8.78 Å². The average molecular weight is 420 g/mol. The van der Waals surface area contributed by atoms with Crippen LogP contribution < -0.4 is 11.1 Å². The number of alkyl halides is 2. The van der Waals surface area contributed by atoms with E-state index >= 15 is 0 Å². The van der Waals surface area contributed by atoms with Crippen molar-refractivity contribution in [3.63, 3.8) is 0 Å². The standard InChI is InChI=1S/C21H22ClF2N3.C2H6/c1-13(15-9-6-10-16(18(15)22)21(23)24)27-12-11-17(26-2)19(25)20(27)14-7-4-3-5-8-14;1-2/h3-10,20-21,26H,1,11-12,25H2,2H3;1-2H3. The van der Waals surface area contributed by atoms with Crippen LogP contribution in [0, 0.1) is 0 Å². The van der Waals surface area contributed by atoms with E-state index in [1.54, 1.807) is 12.1 Å². The van der Waals surface area contributed by atoms with E-state index in [0.717, 1.165) is 11.3 Å². The molecule has 0 radical (unpaired) electrons. The Morgan fingerprint density at radius 1 is 1.17 bits per heavy atom. The minimum atomic E-state index is -2.64. The molecule has 1 heterocycles. The lowest BCUT2D eigenvalue weighted by molar-refractivity contribution is 0.151. The maximum absolute atomic E-state index is 13.3. The van der Waals surface area contributed by atoms with Gasteiger partial charge in [-0.3, -0.25) is 0 Å². The van der Waals surface area contributed by atoms with Crippen LogP contribution in [-0.4, -0.2) is 18.5 Å². The molecule has 0 aliphatic carbocycles. The van der Waals surface area contributed by atoms with Crippen molar-refractivity contribution in [2.24, 2.45) is 5.73 Å². The van der Waals surface area contributed by atoms with Crippen molar-refractivity contribution in [2.45, 2.75) is 32.7 Å². The van der Waals surface area contributed by atoms with Gasteiger partial charge in [-0.1, -0.05) is 80.6 Å². The first-order valence-electron chi connectivity index (χ1n) is 9.69. The van der Waals surface area contributed by atoms with Crippen molar-refractivity contribution in [2.75, 3.05) is 13.6 Å². The fraction of sp³-hybridized carbons (Fsp3) is 0.304. The lowest BCUT2D eigenvalue weighted by Crippen LogP contribution is -2.38. The number of nitrogens with zero attached hydrogens (tertiary/aromatic N) is 1. The van der Waals surface area contributed by atoms with E-state index in [1.165, 1.54) is 6.07 Å². The summed E-state index contributed by atoms with van der Waals surface area (Å²) in [6.45, 7) is 8.81. The first kappa shape index (κ1) is 22.8. The van der Waals surface area contributed by atoms with E-state index in [0.29, 0.717) is 29.9 Å². The first-order valence-corrected chi connectivity index (χ1v) is 10.1. The number of nitrogens with one attached hydrogen (secondary N) is 1. The summed E-state index contributed by atoms with van der Waals surface area (Å²) in [5.41, 5.74) is 10.0. The molecule has 3 rings (SSSR count). The molecule has 3 nitrogen and oxygen atoms in total. The second-order valence-corrected chi connectivity index (χ2v) is 6.77. The Kier molecular flexibility index (Phi) is 8.09. The third-order valence-corrected chi connectivity index (χ3v) is 5.32. The third-order valence-electron chi connectivity index (χ3n) is 4.90. The molecule has 3 N–H and O–H groups in total. The van der Waals surface area contributed by atoms with Gasteiger partial charge in [-0.25, -0.2) is 8.78 Å². The van der Waals surface area contributed by atoms with Crippen LogP contribution in [0.2, 0.25) is 5.02 Å². The van der Waals surface area contributed by atoms with Gasteiger partial charge in [0.2, 0.25) is 0 Å². The summed E-state index contributed by atoms with van der Waals surface area (Å²) < 4.78 is 26.5. The summed E-state index contributed by atoms with van der Waals surface area (Å²) in [5.74, 6) is 0. The molecule has 1 aliphatic heterocycles. The van der Waals surface area contributed by atoms with E-state index in [4.69, 9.17) is 17.3 Å². The molecule has 0 aromatic heterocycles. The first-order chi connectivity index (χ1) is 14.0. The maximum Gasteiger partial charge on any atom is 0.265 e. The van der Waals surface area contributed by atoms with Gasteiger partial charge >= 0.3 is 0 Å². The monoisotopic (exact) mass is 419 g/mol. The van der Waals surface area contributed by atoms with Gasteiger partial charge in [0.1, 0.15) is 0 Å². The van der Waals surface area contributed by atoms with E-state index in [-0.39, 0.29) is 16.6 Å². The van der Waals surface area contributed by atoms with Gasteiger partial charge in [-0.2, -0.15) is 0 Å². The van der Waals surface area contributed by atoms with Crippen molar-refractivity contribution in [1.82, 2.24) is 10.2 Å². The maximum atomic E-state index is 13.3. The topological polar surface area (TPSA) is 41.3 Å². The molecule has 2 aromatic carbocycles. The largest absolute Gasteiger partial charge is 0.399 e. The SMILES string of the molecule is C=C(c1cccc(C(F)F)c1Cl)N1CCC(NC)=C(N)C1c1ccccc1.CC. The quantitative estimate of drug-likeness (QED) is 0.614.